The van der Waals surface area contributed by atoms with Gasteiger partial charge in [0.2, 0.25) is 11.8 Å². The fourth-order valence-electron chi connectivity index (χ4n) is 8.38. The fraction of sp³-hybridized carbons (Fsp3) is 0.432. The smallest absolute Gasteiger partial charge is 0.392 e. The van der Waals surface area contributed by atoms with Crippen molar-refractivity contribution < 1.29 is 75.8 Å². The maximum atomic E-state index is 15.6. The van der Waals surface area contributed by atoms with E-state index in [1.807, 2.05) is 0 Å². The molecule has 0 radical (unpaired) electrons. The molecule has 0 spiro atoms. The molecule has 3 unspecified atom stereocenters. The van der Waals surface area contributed by atoms with Crippen LogP contribution in [-0.4, -0.2) is 107 Å². The second kappa shape index (κ2) is 19.2. The second-order valence-electron chi connectivity index (χ2n) is 17.9. The number of aromatic nitrogens is 5. The highest BCUT2D eigenvalue weighted by Crippen LogP contribution is 2.68. The number of aliphatic hydroxyl groups excluding tert-OH is 1. The highest BCUT2D eigenvalue weighted by molar-refractivity contribution is 7.92. The number of carbonyl (C=O) groups is 2. The first kappa shape index (κ1) is 54.0. The number of halogens is 11. The number of benzene rings is 2. The quantitative estimate of drug-likeness (QED) is 0.0555. The molecule has 3 N–H and O–H groups in total. The lowest BCUT2D eigenvalue weighted by molar-refractivity contribution is -0.143. The predicted molar refractivity (Wildman–Crippen MR) is 240 cm³/mol. The second-order valence-corrected chi connectivity index (χ2v) is 21.8. The largest absolute Gasteiger partial charge is 0.435 e. The molecule has 7 rings (SSSR count). The Labute approximate surface area is 410 Å². The van der Waals surface area contributed by atoms with Crippen molar-refractivity contribution in [1.29, 1.82) is 0 Å². The van der Waals surface area contributed by atoms with Crippen molar-refractivity contribution in [2.75, 3.05) is 30.7 Å². The molecule has 3 heterocycles. The van der Waals surface area contributed by atoms with E-state index in [1.54, 1.807) is 0 Å². The van der Waals surface area contributed by atoms with Crippen LogP contribution in [-0.2, 0) is 62.3 Å². The van der Waals surface area contributed by atoms with Crippen LogP contribution in [0.5, 0.6) is 0 Å². The third-order valence-electron chi connectivity index (χ3n) is 12.0. The van der Waals surface area contributed by atoms with Crippen molar-refractivity contribution in [2.24, 2.45) is 5.92 Å². The third-order valence-corrected chi connectivity index (χ3v) is 14.9. The van der Waals surface area contributed by atoms with Crippen molar-refractivity contribution in [3.05, 3.63) is 93.0 Å². The van der Waals surface area contributed by atoms with Gasteiger partial charge in [-0.2, -0.15) is 45.3 Å². The number of carbonyl (C=O) groups excluding carboxylic acids is 2. The monoisotopic (exact) mass is 1080 g/mol. The molecular formula is C44H41ClF10N8O7S2. The minimum atomic E-state index is -5.22. The standard InChI is InChI=1S/C44H41ClF10N8O7S2/c1-21(64)17-60(4)33(66)19-63(71(67)68)40-35-30(45)9-8-27(37(35)62(59-40)20-42(48,49)50)26-7-6-25(10-11-41(2,3)72(5,69)70)56-36(26)31(14-22-12-23(46)15-24(47)13-22)57-32(65)18-61-39-34(38(58-61)44(53,54)55)28-16-29(28)43(39,51)52/h6-9,12-13,15,21,28-29,31,64H,14,16-20H2,1-5H3,(H,57,65)(H,67,68)/t21?,28-,29+,31?/m0/s1. The summed E-state index contributed by atoms with van der Waals surface area (Å²) in [5, 5.41) is 18.8. The fourth-order valence-corrected chi connectivity index (χ4v) is 9.35. The lowest BCUT2D eigenvalue weighted by Gasteiger charge is -2.24. The Bertz CT molecular complexity index is 3190. The zero-order valence-electron chi connectivity index (χ0n) is 38.1. The molecule has 2 aromatic carbocycles. The number of pyridine rings is 1. The van der Waals surface area contributed by atoms with Crippen LogP contribution in [0.4, 0.5) is 49.7 Å². The van der Waals surface area contributed by atoms with Crippen molar-refractivity contribution in [2.45, 2.75) is 87.8 Å². The Morgan fingerprint density at radius 1 is 1.03 bits per heavy atom. The van der Waals surface area contributed by atoms with Gasteiger partial charge in [-0.25, -0.2) is 30.7 Å². The van der Waals surface area contributed by atoms with Crippen LogP contribution in [0.1, 0.15) is 73.1 Å². The topological polar surface area (TPSA) is 193 Å². The third kappa shape index (κ3) is 11.1. The summed E-state index contributed by atoms with van der Waals surface area (Å²) in [6, 6.07) is 4.96. The average molecular weight is 1080 g/mol. The van der Waals surface area contributed by atoms with E-state index in [9.17, 15) is 67.0 Å². The van der Waals surface area contributed by atoms with E-state index in [2.05, 4.69) is 32.3 Å². The van der Waals surface area contributed by atoms with Gasteiger partial charge in [0.15, 0.2) is 21.3 Å². The molecule has 2 aliphatic carbocycles. The zero-order chi connectivity index (χ0) is 53.4. The van der Waals surface area contributed by atoms with Gasteiger partial charge in [0, 0.05) is 48.5 Å². The molecule has 0 aliphatic heterocycles. The minimum absolute atomic E-state index is 0.200. The Balaban J connectivity index is 1.46. The molecule has 28 heteroatoms. The normalized spacial score (nSPS) is 17.6. The van der Waals surface area contributed by atoms with E-state index >= 15 is 8.78 Å². The van der Waals surface area contributed by atoms with Crippen LogP contribution >= 0.6 is 11.6 Å². The number of amides is 2. The first-order valence-corrected chi connectivity index (χ1v) is 24.6. The molecule has 3 aromatic heterocycles. The summed E-state index contributed by atoms with van der Waals surface area (Å²) in [6.07, 6.45) is -11.4. The van der Waals surface area contributed by atoms with Gasteiger partial charge in [-0.1, -0.05) is 23.6 Å². The molecule has 0 bridgehead atoms. The van der Waals surface area contributed by atoms with Gasteiger partial charge < -0.3 is 15.3 Å². The molecule has 1 saturated carbocycles. The van der Waals surface area contributed by atoms with Gasteiger partial charge in [-0.3, -0.25) is 23.5 Å². The number of anilines is 1. The van der Waals surface area contributed by atoms with Gasteiger partial charge in [0.1, 0.15) is 47.4 Å². The number of nitrogens with zero attached hydrogens (tertiary/aromatic N) is 7. The summed E-state index contributed by atoms with van der Waals surface area (Å²) in [5.74, 6) is -6.63. The van der Waals surface area contributed by atoms with Crippen LogP contribution in [0.2, 0.25) is 5.02 Å². The highest BCUT2D eigenvalue weighted by atomic mass is 35.5. The Morgan fingerprint density at radius 3 is 2.25 bits per heavy atom. The molecular weight excluding hydrogens is 1040 g/mol. The number of rotatable bonds is 15. The number of fused-ring (bicyclic) bond motifs is 4. The van der Waals surface area contributed by atoms with E-state index in [1.165, 1.54) is 40.0 Å². The maximum absolute atomic E-state index is 15.6. The molecule has 2 aliphatic rings. The molecule has 1 fully saturated rings. The molecule has 2 amide bonds. The summed E-state index contributed by atoms with van der Waals surface area (Å²) < 4.78 is 195. The number of alkyl halides is 8. The van der Waals surface area contributed by atoms with E-state index in [0.29, 0.717) is 15.1 Å². The van der Waals surface area contributed by atoms with Crippen LogP contribution < -0.4 is 9.62 Å². The average Bonchev–Trinajstić information content (AvgIpc) is 3.75. The number of sulfone groups is 1. The number of hydrogen-bond acceptors (Lipinski definition) is 9. The zero-order valence-corrected chi connectivity index (χ0v) is 40.5. The SMILES string of the molecule is CC(O)CN(C)C(=O)CN(c1nn(CC(F)(F)F)c2c(-c3ccc(C#CC(C)(C)S(C)(=O)=O)nc3C(Cc3cc(F)cc(F)c3)NC(=O)Cn3nc(C(F)(F)F)c4c3C(F)(F)[C@@H]3C[C@H]43)ccc(Cl)c12)S(=O)O. The predicted octanol–water partition coefficient (Wildman–Crippen LogP) is 7.07. The molecule has 0 saturated heterocycles. The van der Waals surface area contributed by atoms with Crippen LogP contribution in [0.15, 0.2) is 42.5 Å². The first-order valence-electron chi connectivity index (χ1n) is 21.3. The van der Waals surface area contributed by atoms with Crippen molar-refractivity contribution in [3.8, 4) is 23.0 Å². The van der Waals surface area contributed by atoms with Crippen molar-refractivity contribution in [1.82, 2.24) is 34.8 Å². The molecule has 5 atom stereocenters. The van der Waals surface area contributed by atoms with Gasteiger partial charge in [-0.15, -0.1) is 0 Å². The van der Waals surface area contributed by atoms with E-state index in [0.717, 1.165) is 35.4 Å². The first-order chi connectivity index (χ1) is 33.2. The number of aliphatic hydroxyl groups is 1. The van der Waals surface area contributed by atoms with Gasteiger partial charge >= 0.3 is 12.4 Å². The summed E-state index contributed by atoms with van der Waals surface area (Å²) in [6.45, 7) is -0.663. The highest BCUT2D eigenvalue weighted by Gasteiger charge is 2.68. The van der Waals surface area contributed by atoms with Gasteiger partial charge in [0.05, 0.1) is 33.8 Å². The summed E-state index contributed by atoms with van der Waals surface area (Å²) >= 11 is 3.44. The van der Waals surface area contributed by atoms with E-state index in [4.69, 9.17) is 11.6 Å². The maximum Gasteiger partial charge on any atom is 0.435 e. The van der Waals surface area contributed by atoms with E-state index < -0.39 is 162 Å². The molecule has 388 valence electrons. The minimum Gasteiger partial charge on any atom is -0.392 e. The van der Waals surface area contributed by atoms with Gasteiger partial charge in [-0.05, 0) is 81.3 Å². The van der Waals surface area contributed by atoms with Crippen LogP contribution in [0, 0.1) is 29.4 Å². The number of likely N-dealkylation sites (N-methyl/N-ethyl adjacent to an activating group) is 1. The van der Waals surface area contributed by atoms with Crippen LogP contribution in [0.3, 0.4) is 0 Å². The Morgan fingerprint density at radius 2 is 1.67 bits per heavy atom. The summed E-state index contributed by atoms with van der Waals surface area (Å²) in [7, 11) is -2.66. The molecule has 5 aromatic rings. The number of nitrogens with one attached hydrogen (secondary N) is 1. The summed E-state index contributed by atoms with van der Waals surface area (Å²) in [4.78, 5) is 32.9. The van der Waals surface area contributed by atoms with Crippen molar-refractivity contribution >= 4 is 61.2 Å². The molecule has 72 heavy (non-hydrogen) atoms. The Kier molecular flexibility index (Phi) is 14.4. The van der Waals surface area contributed by atoms with Crippen LogP contribution in [0.25, 0.3) is 22.0 Å². The van der Waals surface area contributed by atoms with Gasteiger partial charge in [0.25, 0.3) is 17.2 Å². The Hall–Kier alpha value is -5.82. The van der Waals surface area contributed by atoms with Crippen molar-refractivity contribution in [3.63, 3.8) is 0 Å². The van der Waals surface area contributed by atoms with E-state index in [-0.39, 0.29) is 40.0 Å². The number of hydrogen-bond donors (Lipinski definition) is 3. The lowest BCUT2D eigenvalue weighted by Crippen LogP contribution is -2.42. The lowest BCUT2D eigenvalue weighted by atomic mass is 9.93. The summed E-state index contributed by atoms with van der Waals surface area (Å²) in [5.41, 5.74) is -5.63. The molecule has 15 nitrogen and oxygen atoms in total.